The van der Waals surface area contributed by atoms with E-state index in [-0.39, 0.29) is 12.1 Å². The van der Waals surface area contributed by atoms with Crippen molar-refractivity contribution in [3.05, 3.63) is 35.4 Å². The van der Waals surface area contributed by atoms with E-state index >= 15 is 0 Å². The van der Waals surface area contributed by atoms with Crippen LogP contribution < -0.4 is 5.32 Å². The first kappa shape index (κ1) is 17.0. The monoisotopic (exact) mass is 287 g/mol. The molecular formula is C16H24F3N. The molecular weight excluding hydrogens is 263 g/mol. The molecule has 1 rings (SSSR count). The van der Waals surface area contributed by atoms with Crippen LogP contribution >= 0.6 is 0 Å². The van der Waals surface area contributed by atoms with Gasteiger partial charge in [0.05, 0.1) is 5.56 Å². The van der Waals surface area contributed by atoms with Crippen LogP contribution in [-0.4, -0.2) is 6.04 Å². The molecule has 0 heterocycles. The van der Waals surface area contributed by atoms with Crippen LogP contribution in [0.1, 0.15) is 57.7 Å². The van der Waals surface area contributed by atoms with Gasteiger partial charge in [0.2, 0.25) is 0 Å². The molecule has 1 aromatic carbocycles. The highest BCUT2D eigenvalue weighted by Crippen LogP contribution is 2.34. The molecule has 0 aliphatic heterocycles. The van der Waals surface area contributed by atoms with Gasteiger partial charge in [0.15, 0.2) is 0 Å². The van der Waals surface area contributed by atoms with E-state index in [1.54, 1.807) is 19.1 Å². The Morgan fingerprint density at radius 3 is 2.15 bits per heavy atom. The summed E-state index contributed by atoms with van der Waals surface area (Å²) in [5.74, 6) is 0.608. The Bertz CT molecular complexity index is 412. The number of hydrogen-bond acceptors (Lipinski definition) is 1. The highest BCUT2D eigenvalue weighted by molar-refractivity contribution is 5.32. The van der Waals surface area contributed by atoms with E-state index < -0.39 is 11.7 Å². The van der Waals surface area contributed by atoms with Crippen molar-refractivity contribution >= 4 is 0 Å². The second-order valence-electron chi connectivity index (χ2n) is 5.85. The van der Waals surface area contributed by atoms with Gasteiger partial charge in [-0.15, -0.1) is 0 Å². The molecule has 1 nitrogen and oxygen atoms in total. The van der Waals surface area contributed by atoms with Gasteiger partial charge in [-0.05, 0) is 44.2 Å². The van der Waals surface area contributed by atoms with Crippen LogP contribution in [0.3, 0.4) is 0 Å². The maximum Gasteiger partial charge on any atom is 0.416 e. The highest BCUT2D eigenvalue weighted by atomic mass is 19.4. The quantitative estimate of drug-likeness (QED) is 0.760. The van der Waals surface area contributed by atoms with E-state index in [0.29, 0.717) is 11.5 Å². The number of halogens is 3. The smallest absolute Gasteiger partial charge is 0.308 e. The molecule has 0 aliphatic carbocycles. The molecule has 0 bridgehead atoms. The minimum absolute atomic E-state index is 0.202. The molecule has 4 heteroatoms. The van der Waals surface area contributed by atoms with Gasteiger partial charge < -0.3 is 5.32 Å². The van der Waals surface area contributed by atoms with Crippen molar-refractivity contribution in [1.29, 1.82) is 0 Å². The van der Waals surface area contributed by atoms with Crippen molar-refractivity contribution in [2.75, 3.05) is 0 Å². The standard InChI is InChI=1S/C16H24F3N/c1-11(2)9-10-12(3)20-13(4)14-7-5-6-8-15(14)16(17,18)19/h5-8,11-13,20H,9-10H2,1-4H3. The molecule has 0 saturated heterocycles. The van der Waals surface area contributed by atoms with Crippen LogP contribution in [0.2, 0.25) is 0 Å². The third-order valence-electron chi connectivity index (χ3n) is 3.44. The van der Waals surface area contributed by atoms with E-state index in [4.69, 9.17) is 0 Å². The molecule has 114 valence electrons. The average Bonchev–Trinajstić information content (AvgIpc) is 2.35. The summed E-state index contributed by atoms with van der Waals surface area (Å²) >= 11 is 0. The SMILES string of the molecule is CC(C)CCC(C)NC(C)c1ccccc1C(F)(F)F. The summed E-state index contributed by atoms with van der Waals surface area (Å²) in [4.78, 5) is 0. The molecule has 2 atom stereocenters. The fourth-order valence-corrected chi connectivity index (χ4v) is 2.32. The Labute approximate surface area is 119 Å². The summed E-state index contributed by atoms with van der Waals surface area (Å²) in [6.07, 6.45) is -2.26. The minimum Gasteiger partial charge on any atom is -0.308 e. The maximum atomic E-state index is 13.0. The van der Waals surface area contributed by atoms with Crippen molar-refractivity contribution in [2.45, 2.75) is 58.8 Å². The molecule has 20 heavy (non-hydrogen) atoms. The number of hydrogen-bond donors (Lipinski definition) is 1. The van der Waals surface area contributed by atoms with E-state index in [1.165, 1.54) is 6.07 Å². The van der Waals surface area contributed by atoms with Gasteiger partial charge in [-0.1, -0.05) is 32.0 Å². The zero-order valence-electron chi connectivity index (χ0n) is 12.6. The predicted octanol–water partition coefficient (Wildman–Crippen LogP) is 5.18. The summed E-state index contributed by atoms with van der Waals surface area (Å²) in [7, 11) is 0. The van der Waals surface area contributed by atoms with Crippen molar-refractivity contribution in [3.63, 3.8) is 0 Å². The zero-order valence-corrected chi connectivity index (χ0v) is 12.6. The molecule has 1 N–H and O–H groups in total. The van der Waals surface area contributed by atoms with Gasteiger partial charge in [0.1, 0.15) is 0 Å². The fraction of sp³-hybridized carbons (Fsp3) is 0.625. The van der Waals surface area contributed by atoms with Crippen molar-refractivity contribution in [3.8, 4) is 0 Å². The molecule has 0 fully saturated rings. The first-order valence-electron chi connectivity index (χ1n) is 7.14. The second kappa shape index (κ2) is 7.11. The van der Waals surface area contributed by atoms with Crippen LogP contribution in [0.4, 0.5) is 13.2 Å². The fourth-order valence-electron chi connectivity index (χ4n) is 2.32. The number of rotatable bonds is 6. The Hall–Kier alpha value is -1.03. The lowest BCUT2D eigenvalue weighted by atomic mass is 9.99. The molecule has 0 aliphatic rings. The molecule has 0 amide bonds. The number of benzene rings is 1. The first-order chi connectivity index (χ1) is 9.21. The van der Waals surface area contributed by atoms with Crippen molar-refractivity contribution in [2.24, 2.45) is 5.92 Å². The van der Waals surface area contributed by atoms with Gasteiger partial charge in [-0.2, -0.15) is 13.2 Å². The summed E-state index contributed by atoms with van der Waals surface area (Å²) in [5.41, 5.74) is -0.229. The van der Waals surface area contributed by atoms with Gasteiger partial charge >= 0.3 is 6.18 Å². The Kier molecular flexibility index (Phi) is 6.06. The van der Waals surface area contributed by atoms with E-state index in [0.717, 1.165) is 18.9 Å². The molecule has 0 saturated carbocycles. The lowest BCUT2D eigenvalue weighted by Gasteiger charge is -2.23. The predicted molar refractivity (Wildman–Crippen MR) is 76.5 cm³/mol. The zero-order chi connectivity index (χ0) is 15.3. The topological polar surface area (TPSA) is 12.0 Å². The van der Waals surface area contributed by atoms with Crippen LogP contribution in [-0.2, 0) is 6.18 Å². The Morgan fingerprint density at radius 1 is 1.00 bits per heavy atom. The third-order valence-corrected chi connectivity index (χ3v) is 3.44. The highest BCUT2D eigenvalue weighted by Gasteiger charge is 2.34. The van der Waals surface area contributed by atoms with Crippen LogP contribution in [0, 0.1) is 5.92 Å². The van der Waals surface area contributed by atoms with Crippen molar-refractivity contribution in [1.82, 2.24) is 5.32 Å². The van der Waals surface area contributed by atoms with Gasteiger partial charge in [-0.3, -0.25) is 0 Å². The van der Waals surface area contributed by atoms with Gasteiger partial charge in [-0.25, -0.2) is 0 Å². The molecule has 0 aromatic heterocycles. The van der Waals surface area contributed by atoms with E-state index in [2.05, 4.69) is 19.2 Å². The van der Waals surface area contributed by atoms with Gasteiger partial charge in [0.25, 0.3) is 0 Å². The van der Waals surface area contributed by atoms with E-state index in [1.807, 2.05) is 6.92 Å². The lowest BCUT2D eigenvalue weighted by Crippen LogP contribution is -2.30. The molecule has 0 spiro atoms. The second-order valence-corrected chi connectivity index (χ2v) is 5.85. The van der Waals surface area contributed by atoms with Gasteiger partial charge in [0, 0.05) is 12.1 Å². The van der Waals surface area contributed by atoms with Crippen molar-refractivity contribution < 1.29 is 13.2 Å². The van der Waals surface area contributed by atoms with E-state index in [9.17, 15) is 13.2 Å². The minimum atomic E-state index is -4.30. The largest absolute Gasteiger partial charge is 0.416 e. The van der Waals surface area contributed by atoms with Crippen LogP contribution in [0.25, 0.3) is 0 Å². The lowest BCUT2D eigenvalue weighted by molar-refractivity contribution is -0.138. The van der Waals surface area contributed by atoms with Crippen LogP contribution in [0.15, 0.2) is 24.3 Å². The summed E-state index contributed by atoms with van der Waals surface area (Å²) in [6, 6.07) is 5.67. The molecule has 2 unspecified atom stereocenters. The number of nitrogens with one attached hydrogen (secondary N) is 1. The Balaban J connectivity index is 2.75. The average molecular weight is 287 g/mol. The van der Waals surface area contributed by atoms with Crippen LogP contribution in [0.5, 0.6) is 0 Å². The molecule has 1 aromatic rings. The summed E-state index contributed by atoms with van der Waals surface area (Å²) < 4.78 is 38.9. The Morgan fingerprint density at radius 2 is 1.60 bits per heavy atom. The summed E-state index contributed by atoms with van der Waals surface area (Å²) in [5, 5.41) is 3.26. The maximum absolute atomic E-state index is 13.0. The number of alkyl halides is 3. The first-order valence-corrected chi connectivity index (χ1v) is 7.14. The third kappa shape index (κ3) is 5.16. The molecule has 0 radical (unpaired) electrons. The summed E-state index contributed by atoms with van der Waals surface area (Å²) in [6.45, 7) is 8.11. The normalized spacial score (nSPS) is 15.4.